The fraction of sp³-hybridized carbons (Fsp3) is 0.235. The number of rotatable bonds is 4. The summed E-state index contributed by atoms with van der Waals surface area (Å²) in [6, 6.07) is 13.2. The van der Waals surface area contributed by atoms with Gasteiger partial charge in [0.2, 0.25) is 5.91 Å². The Bertz CT molecular complexity index is 690. The number of aliphatic hydroxyl groups excluding tert-OH is 1. The molecule has 1 fully saturated rings. The average molecular weight is 300 g/mol. The summed E-state index contributed by atoms with van der Waals surface area (Å²) in [5.74, 6) is -0.529. The number of carbonyl (C=O) groups is 1. The van der Waals surface area contributed by atoms with Gasteiger partial charge in [-0.15, -0.1) is 0 Å². The van der Waals surface area contributed by atoms with Crippen molar-refractivity contribution in [3.63, 3.8) is 0 Å². The highest BCUT2D eigenvalue weighted by atomic mass is 19.1. The molecule has 0 radical (unpaired) electrons. The molecule has 1 amide bonds. The Hall–Kier alpha value is -2.40. The predicted molar refractivity (Wildman–Crippen MR) is 83.1 cm³/mol. The number of para-hydroxylation sites is 1. The summed E-state index contributed by atoms with van der Waals surface area (Å²) in [5, 5.41) is 12.3. The van der Waals surface area contributed by atoms with Gasteiger partial charge in [0.25, 0.3) is 0 Å². The average Bonchev–Trinajstić information content (AvgIpc) is 2.89. The SMILES string of the molecule is O=C1[C@@H](Nc2cccc(CO)c2)CCN1c1ccccc1F. The maximum absolute atomic E-state index is 13.8. The van der Waals surface area contributed by atoms with Crippen molar-refractivity contribution in [2.45, 2.75) is 19.1 Å². The molecule has 1 aliphatic rings. The lowest BCUT2D eigenvalue weighted by atomic mass is 10.2. The van der Waals surface area contributed by atoms with Gasteiger partial charge in [0.15, 0.2) is 0 Å². The van der Waals surface area contributed by atoms with Gasteiger partial charge < -0.3 is 15.3 Å². The molecule has 1 heterocycles. The summed E-state index contributed by atoms with van der Waals surface area (Å²) < 4.78 is 13.8. The quantitative estimate of drug-likeness (QED) is 0.912. The number of aliphatic hydroxyl groups is 1. The fourth-order valence-corrected chi connectivity index (χ4v) is 2.68. The molecule has 2 N–H and O–H groups in total. The first-order valence-corrected chi connectivity index (χ1v) is 7.21. The van der Waals surface area contributed by atoms with Crippen LogP contribution in [-0.2, 0) is 11.4 Å². The standard InChI is InChI=1S/C17H17FN2O2/c18-14-6-1-2-7-16(14)20-9-8-15(17(20)22)19-13-5-3-4-12(10-13)11-21/h1-7,10,15,19,21H,8-9,11H2/t15-/m0/s1. The Morgan fingerprint density at radius 3 is 2.82 bits per heavy atom. The van der Waals surface area contributed by atoms with Gasteiger partial charge in [0.1, 0.15) is 11.9 Å². The summed E-state index contributed by atoms with van der Waals surface area (Å²) in [7, 11) is 0. The molecular formula is C17H17FN2O2. The van der Waals surface area contributed by atoms with Crippen LogP contribution < -0.4 is 10.2 Å². The van der Waals surface area contributed by atoms with Crippen LogP contribution in [0.5, 0.6) is 0 Å². The van der Waals surface area contributed by atoms with E-state index < -0.39 is 5.82 Å². The van der Waals surface area contributed by atoms with Crippen LogP contribution in [0.4, 0.5) is 15.8 Å². The minimum absolute atomic E-state index is 0.0461. The van der Waals surface area contributed by atoms with E-state index in [4.69, 9.17) is 5.11 Å². The predicted octanol–water partition coefficient (Wildman–Crippen LogP) is 2.54. The van der Waals surface area contributed by atoms with E-state index in [1.165, 1.54) is 11.0 Å². The second-order valence-electron chi connectivity index (χ2n) is 5.29. The van der Waals surface area contributed by atoms with Gasteiger partial charge in [-0.3, -0.25) is 4.79 Å². The monoisotopic (exact) mass is 300 g/mol. The number of hydrogen-bond acceptors (Lipinski definition) is 3. The summed E-state index contributed by atoms with van der Waals surface area (Å²) in [5.41, 5.74) is 1.88. The van der Waals surface area contributed by atoms with Crippen LogP contribution in [-0.4, -0.2) is 23.6 Å². The molecule has 0 spiro atoms. The number of carbonyl (C=O) groups excluding carboxylic acids is 1. The van der Waals surface area contributed by atoms with Gasteiger partial charge in [0.05, 0.1) is 12.3 Å². The van der Waals surface area contributed by atoms with Crippen LogP contribution in [0, 0.1) is 5.82 Å². The van der Waals surface area contributed by atoms with Crippen LogP contribution in [0.2, 0.25) is 0 Å². The van der Waals surface area contributed by atoms with E-state index in [9.17, 15) is 9.18 Å². The number of anilines is 2. The molecule has 1 atom stereocenters. The highest BCUT2D eigenvalue weighted by Crippen LogP contribution is 2.26. The van der Waals surface area contributed by atoms with E-state index >= 15 is 0 Å². The van der Waals surface area contributed by atoms with E-state index in [1.807, 2.05) is 18.2 Å². The van der Waals surface area contributed by atoms with Gasteiger partial charge in [0, 0.05) is 12.2 Å². The van der Waals surface area contributed by atoms with E-state index in [0.29, 0.717) is 18.7 Å². The highest BCUT2D eigenvalue weighted by Gasteiger charge is 2.33. The number of halogens is 1. The molecule has 1 aliphatic heterocycles. The number of benzene rings is 2. The lowest BCUT2D eigenvalue weighted by Crippen LogP contribution is -2.33. The van der Waals surface area contributed by atoms with Gasteiger partial charge in [-0.05, 0) is 36.2 Å². The molecule has 0 aliphatic carbocycles. The number of nitrogens with one attached hydrogen (secondary N) is 1. The number of nitrogens with zero attached hydrogens (tertiary/aromatic N) is 1. The zero-order valence-electron chi connectivity index (χ0n) is 12.0. The Morgan fingerprint density at radius 1 is 1.23 bits per heavy atom. The first-order valence-electron chi connectivity index (χ1n) is 7.21. The largest absolute Gasteiger partial charge is 0.392 e. The summed E-state index contributed by atoms with van der Waals surface area (Å²) in [4.78, 5) is 13.9. The third kappa shape index (κ3) is 2.80. The van der Waals surface area contributed by atoms with E-state index in [-0.39, 0.29) is 18.6 Å². The van der Waals surface area contributed by atoms with Crippen molar-refractivity contribution in [2.24, 2.45) is 0 Å². The molecule has 0 aromatic heterocycles. The summed E-state index contributed by atoms with van der Waals surface area (Å²) in [6.45, 7) is 0.437. The third-order valence-electron chi connectivity index (χ3n) is 3.80. The molecule has 4 nitrogen and oxygen atoms in total. The van der Waals surface area contributed by atoms with Crippen molar-refractivity contribution in [3.8, 4) is 0 Å². The van der Waals surface area contributed by atoms with Gasteiger partial charge in [-0.1, -0.05) is 24.3 Å². The van der Waals surface area contributed by atoms with Crippen LogP contribution in [0.25, 0.3) is 0 Å². The minimum Gasteiger partial charge on any atom is -0.392 e. The van der Waals surface area contributed by atoms with E-state index in [1.54, 1.807) is 24.3 Å². The zero-order chi connectivity index (χ0) is 15.5. The maximum atomic E-state index is 13.8. The van der Waals surface area contributed by atoms with E-state index in [2.05, 4.69) is 5.32 Å². The van der Waals surface area contributed by atoms with Crippen LogP contribution in [0.3, 0.4) is 0 Å². The van der Waals surface area contributed by atoms with Crippen molar-refractivity contribution < 1.29 is 14.3 Å². The van der Waals surface area contributed by atoms with Crippen molar-refractivity contribution in [2.75, 3.05) is 16.8 Å². The zero-order valence-corrected chi connectivity index (χ0v) is 12.0. The molecule has 22 heavy (non-hydrogen) atoms. The molecule has 1 saturated heterocycles. The van der Waals surface area contributed by atoms with Crippen LogP contribution in [0.15, 0.2) is 48.5 Å². The molecular weight excluding hydrogens is 283 g/mol. The van der Waals surface area contributed by atoms with Crippen LogP contribution >= 0.6 is 0 Å². The second-order valence-corrected chi connectivity index (χ2v) is 5.29. The second kappa shape index (κ2) is 6.15. The smallest absolute Gasteiger partial charge is 0.249 e. The van der Waals surface area contributed by atoms with Crippen molar-refractivity contribution in [1.82, 2.24) is 0 Å². The Balaban J connectivity index is 1.75. The molecule has 114 valence electrons. The Labute approximate surface area is 128 Å². The normalized spacial score (nSPS) is 17.8. The first kappa shape index (κ1) is 14.5. The molecule has 5 heteroatoms. The molecule has 0 saturated carbocycles. The topological polar surface area (TPSA) is 52.6 Å². The molecule has 0 bridgehead atoms. The van der Waals surface area contributed by atoms with Gasteiger partial charge >= 0.3 is 0 Å². The van der Waals surface area contributed by atoms with Gasteiger partial charge in [-0.25, -0.2) is 4.39 Å². The lowest BCUT2D eigenvalue weighted by molar-refractivity contribution is -0.117. The summed E-state index contributed by atoms with van der Waals surface area (Å²) >= 11 is 0. The summed E-state index contributed by atoms with van der Waals surface area (Å²) in [6.07, 6.45) is 0.608. The maximum Gasteiger partial charge on any atom is 0.249 e. The molecule has 3 rings (SSSR count). The van der Waals surface area contributed by atoms with Gasteiger partial charge in [-0.2, -0.15) is 0 Å². The fourth-order valence-electron chi connectivity index (χ4n) is 2.68. The van der Waals surface area contributed by atoms with Crippen molar-refractivity contribution >= 4 is 17.3 Å². The number of amides is 1. The Morgan fingerprint density at radius 2 is 2.05 bits per heavy atom. The third-order valence-corrected chi connectivity index (χ3v) is 3.80. The number of hydrogen-bond donors (Lipinski definition) is 2. The Kier molecular flexibility index (Phi) is 4.06. The van der Waals surface area contributed by atoms with Crippen LogP contribution in [0.1, 0.15) is 12.0 Å². The van der Waals surface area contributed by atoms with Crippen molar-refractivity contribution in [3.05, 3.63) is 59.9 Å². The minimum atomic E-state index is -0.390. The first-order chi connectivity index (χ1) is 10.7. The highest BCUT2D eigenvalue weighted by molar-refractivity contribution is 6.01. The van der Waals surface area contributed by atoms with E-state index in [0.717, 1.165) is 11.3 Å². The molecule has 2 aromatic carbocycles. The molecule has 2 aromatic rings. The lowest BCUT2D eigenvalue weighted by Gasteiger charge is -2.18. The van der Waals surface area contributed by atoms with Crippen molar-refractivity contribution in [1.29, 1.82) is 0 Å². The molecule has 0 unspecified atom stereocenters.